The lowest BCUT2D eigenvalue weighted by molar-refractivity contribution is -0.141. The fourth-order valence-corrected chi connectivity index (χ4v) is 4.68. The Kier molecular flexibility index (Phi) is 6.44. The molecule has 1 saturated carbocycles. The molecule has 1 atom stereocenters. The maximum Gasteiger partial charge on any atom is 0.435 e. The molecule has 6 nitrogen and oxygen atoms in total. The Bertz CT molecular complexity index is 1360. The van der Waals surface area contributed by atoms with Crippen LogP contribution in [0, 0.1) is 5.92 Å². The summed E-state index contributed by atoms with van der Waals surface area (Å²) in [7, 11) is 0. The van der Waals surface area contributed by atoms with Gasteiger partial charge in [-0.15, -0.1) is 0 Å². The van der Waals surface area contributed by atoms with E-state index in [1.54, 1.807) is 6.92 Å². The minimum atomic E-state index is -4.55. The number of aryl methyl sites for hydroxylation is 1. The van der Waals surface area contributed by atoms with Gasteiger partial charge < -0.3 is 5.32 Å². The number of nitrogens with zero attached hydrogens (tertiary/aromatic N) is 5. The van der Waals surface area contributed by atoms with Crippen LogP contribution in [0.5, 0.6) is 0 Å². The van der Waals surface area contributed by atoms with E-state index < -0.39 is 11.9 Å². The summed E-state index contributed by atoms with van der Waals surface area (Å²) in [4.78, 5) is 4.28. The third-order valence-electron chi connectivity index (χ3n) is 6.61. The van der Waals surface area contributed by atoms with Gasteiger partial charge in [-0.1, -0.05) is 19.1 Å². The average Bonchev–Trinajstić information content (AvgIpc) is 3.43. The molecule has 0 spiro atoms. The summed E-state index contributed by atoms with van der Waals surface area (Å²) in [5, 5.41) is 11.6. The van der Waals surface area contributed by atoms with Crippen molar-refractivity contribution in [3.8, 4) is 0 Å². The predicted octanol–water partition coefficient (Wildman–Crippen LogP) is 6.89. The molecule has 0 bridgehead atoms. The number of halogens is 4. The van der Waals surface area contributed by atoms with Gasteiger partial charge in [0, 0.05) is 30.6 Å². The first-order valence-electron chi connectivity index (χ1n) is 12.3. The van der Waals surface area contributed by atoms with Crippen molar-refractivity contribution in [1.82, 2.24) is 24.4 Å². The maximum absolute atomic E-state index is 15.0. The number of hydrogen-bond donors (Lipinski definition) is 1. The van der Waals surface area contributed by atoms with Crippen LogP contribution in [-0.4, -0.2) is 24.4 Å². The molecule has 5 rings (SSSR count). The summed E-state index contributed by atoms with van der Waals surface area (Å²) < 4.78 is 57.7. The van der Waals surface area contributed by atoms with Gasteiger partial charge in [0.1, 0.15) is 11.3 Å². The summed E-state index contributed by atoms with van der Waals surface area (Å²) in [5.41, 5.74) is 2.25. The molecule has 1 fully saturated rings. The first kappa shape index (κ1) is 24.3. The lowest BCUT2D eigenvalue weighted by Crippen LogP contribution is -2.22. The largest absolute Gasteiger partial charge is 0.435 e. The van der Waals surface area contributed by atoms with E-state index in [0.717, 1.165) is 49.4 Å². The highest BCUT2D eigenvalue weighted by atomic mass is 19.4. The lowest BCUT2D eigenvalue weighted by Gasteiger charge is -2.25. The zero-order valence-electron chi connectivity index (χ0n) is 20.2. The second-order valence-corrected chi connectivity index (χ2v) is 9.23. The normalized spacial score (nSPS) is 19.6. The molecule has 0 amide bonds. The van der Waals surface area contributed by atoms with E-state index >= 15 is 4.39 Å². The number of hydrogen-bond acceptors (Lipinski definition) is 4. The van der Waals surface area contributed by atoms with Gasteiger partial charge in [0.15, 0.2) is 11.5 Å². The molecule has 1 aliphatic heterocycles. The maximum atomic E-state index is 15.0. The van der Waals surface area contributed by atoms with Crippen molar-refractivity contribution in [3.63, 3.8) is 0 Å². The van der Waals surface area contributed by atoms with Gasteiger partial charge in [0.05, 0.1) is 17.4 Å². The Labute approximate surface area is 206 Å². The first-order chi connectivity index (χ1) is 17.3. The Morgan fingerprint density at radius 3 is 2.69 bits per heavy atom. The fourth-order valence-electron chi connectivity index (χ4n) is 4.68. The third kappa shape index (κ3) is 4.81. The molecule has 1 aliphatic carbocycles. The smallest absolute Gasteiger partial charge is 0.360 e. The van der Waals surface area contributed by atoms with E-state index in [1.165, 1.54) is 23.0 Å². The zero-order chi connectivity index (χ0) is 25.4. The fraction of sp³-hybridized carbons (Fsp3) is 0.423. The minimum absolute atomic E-state index is 0.237. The standard InChI is InChI=1S/C26H28F4N6/c1-3-6-17(16-8-9-16)13-18(19(27)4-2)21-14-22-20(7-5-11-35(22)33-21)32-25-23-15-24(26(28,29)30)34-36(23)12-10-31-25/h4,6,10,12-16,20H,3,5,7-9,11H2,1-2H3,(H,31,32)/b17-6-,18-13+,19-4+. The van der Waals surface area contributed by atoms with Gasteiger partial charge >= 0.3 is 6.18 Å². The second kappa shape index (κ2) is 9.55. The summed E-state index contributed by atoms with van der Waals surface area (Å²) in [6.45, 7) is 4.41. The van der Waals surface area contributed by atoms with Crippen LogP contribution in [0.4, 0.5) is 23.4 Å². The highest BCUT2D eigenvalue weighted by Crippen LogP contribution is 2.40. The second-order valence-electron chi connectivity index (χ2n) is 9.23. The number of anilines is 1. The molecule has 1 N–H and O–H groups in total. The molecule has 0 saturated heterocycles. The van der Waals surface area contributed by atoms with E-state index in [-0.39, 0.29) is 17.4 Å². The van der Waals surface area contributed by atoms with Crippen molar-refractivity contribution in [1.29, 1.82) is 0 Å². The molecule has 3 aromatic rings. The average molecular weight is 501 g/mol. The summed E-state index contributed by atoms with van der Waals surface area (Å²) in [6, 6.07) is 2.62. The number of allylic oxidation sites excluding steroid dienone is 6. The van der Waals surface area contributed by atoms with E-state index in [1.807, 2.05) is 16.8 Å². The van der Waals surface area contributed by atoms with Crippen LogP contribution in [0.25, 0.3) is 11.1 Å². The number of nitrogens with one attached hydrogen (secondary N) is 1. The monoisotopic (exact) mass is 500 g/mol. The van der Waals surface area contributed by atoms with Gasteiger partial charge in [-0.2, -0.15) is 23.4 Å². The molecule has 190 valence electrons. The van der Waals surface area contributed by atoms with Crippen LogP contribution < -0.4 is 5.32 Å². The molecule has 0 aromatic carbocycles. The zero-order valence-corrected chi connectivity index (χ0v) is 20.2. The van der Waals surface area contributed by atoms with Gasteiger partial charge in [0.25, 0.3) is 0 Å². The van der Waals surface area contributed by atoms with Crippen molar-refractivity contribution < 1.29 is 17.6 Å². The van der Waals surface area contributed by atoms with Crippen LogP contribution >= 0.6 is 0 Å². The van der Waals surface area contributed by atoms with E-state index in [0.29, 0.717) is 29.5 Å². The van der Waals surface area contributed by atoms with Crippen molar-refractivity contribution in [2.24, 2.45) is 5.92 Å². The van der Waals surface area contributed by atoms with Gasteiger partial charge in [-0.05, 0) is 62.7 Å². The van der Waals surface area contributed by atoms with E-state index in [4.69, 9.17) is 5.10 Å². The Morgan fingerprint density at radius 2 is 2.00 bits per heavy atom. The number of fused-ring (bicyclic) bond motifs is 2. The summed E-state index contributed by atoms with van der Waals surface area (Å²) in [6.07, 6.45) is 8.41. The molecule has 4 heterocycles. The highest BCUT2D eigenvalue weighted by Gasteiger charge is 2.35. The van der Waals surface area contributed by atoms with E-state index in [2.05, 4.69) is 28.4 Å². The van der Waals surface area contributed by atoms with Crippen molar-refractivity contribution in [3.05, 3.63) is 71.2 Å². The quantitative estimate of drug-likeness (QED) is 0.283. The highest BCUT2D eigenvalue weighted by molar-refractivity contribution is 5.77. The van der Waals surface area contributed by atoms with Crippen molar-refractivity contribution in [2.75, 3.05) is 5.32 Å². The predicted molar refractivity (Wildman–Crippen MR) is 130 cm³/mol. The van der Waals surface area contributed by atoms with Crippen LogP contribution in [-0.2, 0) is 12.7 Å². The first-order valence-corrected chi connectivity index (χ1v) is 12.3. The van der Waals surface area contributed by atoms with Gasteiger partial charge in [-0.25, -0.2) is 13.9 Å². The number of aromatic nitrogens is 5. The molecule has 0 radical (unpaired) electrons. The SMILES string of the molecule is C\C=C(F)/C(=C\C(=C\CC)C1CC1)c1cc2n(n1)CCCC2Nc1nccn2nc(C(F)(F)F)cc12. The van der Waals surface area contributed by atoms with Crippen LogP contribution in [0.1, 0.15) is 69.1 Å². The lowest BCUT2D eigenvalue weighted by atomic mass is 10.0. The Balaban J connectivity index is 1.49. The molecular formula is C26H28F4N6. The molecule has 3 aromatic heterocycles. The molecule has 1 unspecified atom stereocenters. The van der Waals surface area contributed by atoms with E-state index in [9.17, 15) is 13.2 Å². The van der Waals surface area contributed by atoms with Crippen LogP contribution in [0.2, 0.25) is 0 Å². The summed E-state index contributed by atoms with van der Waals surface area (Å²) >= 11 is 0. The van der Waals surface area contributed by atoms with Crippen LogP contribution in [0.3, 0.4) is 0 Å². The van der Waals surface area contributed by atoms with Crippen molar-refractivity contribution >= 4 is 16.9 Å². The van der Waals surface area contributed by atoms with Crippen molar-refractivity contribution in [2.45, 2.75) is 64.7 Å². The summed E-state index contributed by atoms with van der Waals surface area (Å²) in [5.74, 6) is 0.446. The Morgan fingerprint density at radius 1 is 1.19 bits per heavy atom. The topological polar surface area (TPSA) is 60.0 Å². The van der Waals surface area contributed by atoms with Crippen LogP contribution in [0.15, 0.2) is 54.2 Å². The minimum Gasteiger partial charge on any atom is -0.360 e. The number of rotatable bonds is 7. The van der Waals surface area contributed by atoms with Gasteiger partial charge in [0.2, 0.25) is 0 Å². The molecule has 10 heteroatoms. The number of alkyl halides is 3. The molecule has 2 aliphatic rings. The van der Waals surface area contributed by atoms with Gasteiger partial charge in [-0.3, -0.25) is 4.68 Å². The molecule has 36 heavy (non-hydrogen) atoms. The molecular weight excluding hydrogens is 472 g/mol. The third-order valence-corrected chi connectivity index (χ3v) is 6.61. The Hall–Kier alpha value is -3.43.